The lowest BCUT2D eigenvalue weighted by atomic mass is 10.1. The lowest BCUT2D eigenvalue weighted by Gasteiger charge is -2.34. The number of benzene rings is 1. The van der Waals surface area contributed by atoms with Crippen molar-refractivity contribution in [2.75, 3.05) is 43.9 Å². The summed E-state index contributed by atoms with van der Waals surface area (Å²) in [4.78, 5) is 17.6. The fourth-order valence-electron chi connectivity index (χ4n) is 3.52. The maximum absolute atomic E-state index is 6.16. The van der Waals surface area contributed by atoms with Crippen molar-refractivity contribution in [3.63, 3.8) is 0 Å². The summed E-state index contributed by atoms with van der Waals surface area (Å²) < 4.78 is 0. The Balaban J connectivity index is 0.00000102. The maximum Gasteiger partial charge on any atom is 0.150 e. The number of pyridine rings is 1. The number of nitrogen functional groups attached to an aromatic ring is 1. The van der Waals surface area contributed by atoms with Gasteiger partial charge in [-0.1, -0.05) is 27.2 Å². The van der Waals surface area contributed by atoms with Crippen LogP contribution in [0.3, 0.4) is 0 Å². The van der Waals surface area contributed by atoms with Gasteiger partial charge in [0.05, 0.1) is 5.52 Å². The summed E-state index contributed by atoms with van der Waals surface area (Å²) >= 11 is 0. The number of aryl methyl sites for hydroxylation is 1. The number of nitrogens with zero attached hydrogens (tertiary/aromatic N) is 4. The van der Waals surface area contributed by atoms with E-state index < -0.39 is 0 Å². The average Bonchev–Trinajstić information content (AvgIpc) is 3.14. The molecule has 3 heterocycles. The number of anilines is 2. The van der Waals surface area contributed by atoms with Crippen molar-refractivity contribution in [2.24, 2.45) is 0 Å². The highest BCUT2D eigenvalue weighted by Gasteiger charge is 2.17. The molecule has 0 unspecified atom stereocenters. The Morgan fingerprint density at radius 3 is 2.56 bits per heavy atom. The lowest BCUT2D eigenvalue weighted by Crippen LogP contribution is -2.44. The summed E-state index contributed by atoms with van der Waals surface area (Å²) in [5.74, 6) is 1.54. The highest BCUT2D eigenvalue weighted by Crippen LogP contribution is 2.30. The number of rotatable bonds is 4. The molecule has 4 rings (SSSR count). The molecule has 27 heavy (non-hydrogen) atoms. The van der Waals surface area contributed by atoms with Gasteiger partial charge in [-0.25, -0.2) is 9.97 Å². The molecular formula is C21H32N6. The molecule has 6 heteroatoms. The van der Waals surface area contributed by atoms with Crippen LogP contribution in [0.25, 0.3) is 21.9 Å². The number of fused-ring (bicyclic) bond motifs is 3. The zero-order valence-electron chi connectivity index (χ0n) is 17.0. The number of aromatic nitrogens is 3. The van der Waals surface area contributed by atoms with Crippen molar-refractivity contribution in [3.8, 4) is 0 Å². The first-order chi connectivity index (χ1) is 13.2. The first-order valence-electron chi connectivity index (χ1n) is 10.2. The van der Waals surface area contributed by atoms with Crippen LogP contribution in [0.15, 0.2) is 18.2 Å². The zero-order valence-corrected chi connectivity index (χ0v) is 17.0. The molecule has 1 aliphatic heterocycles. The van der Waals surface area contributed by atoms with Gasteiger partial charge in [0, 0.05) is 43.7 Å². The number of unbranched alkanes of at least 4 members (excludes halogenated alkanes) is 1. The van der Waals surface area contributed by atoms with E-state index in [0.717, 1.165) is 73.2 Å². The minimum absolute atomic E-state index is 0.532. The minimum atomic E-state index is 0.532. The van der Waals surface area contributed by atoms with Gasteiger partial charge in [0.25, 0.3) is 0 Å². The Hall–Kier alpha value is -2.34. The second-order valence-corrected chi connectivity index (χ2v) is 7.00. The molecule has 1 fully saturated rings. The van der Waals surface area contributed by atoms with Crippen LogP contribution in [0.1, 0.15) is 39.4 Å². The number of likely N-dealkylation sites (N-methyl/N-ethyl adjacent to an activating group) is 1. The molecule has 3 aromatic rings. The Morgan fingerprint density at radius 1 is 1.11 bits per heavy atom. The van der Waals surface area contributed by atoms with E-state index in [-0.39, 0.29) is 0 Å². The topological polar surface area (TPSA) is 74.1 Å². The van der Waals surface area contributed by atoms with Gasteiger partial charge in [-0.05, 0) is 31.7 Å². The zero-order chi connectivity index (χ0) is 19.4. The van der Waals surface area contributed by atoms with Crippen LogP contribution in [0, 0.1) is 0 Å². The number of H-pyrrole nitrogens is 1. The summed E-state index contributed by atoms with van der Waals surface area (Å²) in [5, 5.41) is 1.08. The third kappa shape index (κ3) is 4.00. The van der Waals surface area contributed by atoms with Crippen LogP contribution in [0.2, 0.25) is 0 Å². The van der Waals surface area contributed by atoms with Gasteiger partial charge in [-0.15, -0.1) is 0 Å². The number of nitrogens with two attached hydrogens (primary N) is 1. The predicted octanol–water partition coefficient (Wildman–Crippen LogP) is 3.81. The van der Waals surface area contributed by atoms with Crippen molar-refractivity contribution >= 4 is 33.4 Å². The van der Waals surface area contributed by atoms with Crippen LogP contribution < -0.4 is 10.6 Å². The molecule has 1 aliphatic rings. The first kappa shape index (κ1) is 19.4. The van der Waals surface area contributed by atoms with Crippen LogP contribution >= 0.6 is 0 Å². The fourth-order valence-corrected chi connectivity index (χ4v) is 3.52. The number of hydrogen-bond donors (Lipinski definition) is 2. The van der Waals surface area contributed by atoms with E-state index in [9.17, 15) is 0 Å². The van der Waals surface area contributed by atoms with Gasteiger partial charge in [-0.3, -0.25) is 0 Å². The second-order valence-electron chi connectivity index (χ2n) is 7.00. The Morgan fingerprint density at radius 2 is 1.85 bits per heavy atom. The molecule has 6 nitrogen and oxygen atoms in total. The highest BCUT2D eigenvalue weighted by atomic mass is 15.2. The SMILES string of the molecule is CC.CCCCc1nc2c([nH]1)c(N)nc1ccc(N3CCN(C)CC3)cc12. The monoisotopic (exact) mass is 368 g/mol. The fraction of sp³-hybridized carbons (Fsp3) is 0.524. The van der Waals surface area contributed by atoms with Gasteiger partial charge in [-0.2, -0.15) is 0 Å². The van der Waals surface area contributed by atoms with E-state index in [1.807, 2.05) is 13.8 Å². The lowest BCUT2D eigenvalue weighted by molar-refractivity contribution is 0.313. The van der Waals surface area contributed by atoms with E-state index in [4.69, 9.17) is 10.7 Å². The third-order valence-corrected chi connectivity index (χ3v) is 5.12. The van der Waals surface area contributed by atoms with Crippen molar-refractivity contribution in [3.05, 3.63) is 24.0 Å². The Bertz CT molecular complexity index is 892. The first-order valence-corrected chi connectivity index (χ1v) is 10.2. The molecule has 3 N–H and O–H groups in total. The van der Waals surface area contributed by atoms with Crippen LogP contribution in [0.5, 0.6) is 0 Å². The van der Waals surface area contributed by atoms with E-state index in [1.54, 1.807) is 0 Å². The summed E-state index contributed by atoms with van der Waals surface area (Å²) in [6.45, 7) is 10.5. The van der Waals surface area contributed by atoms with Crippen LogP contribution in [-0.2, 0) is 6.42 Å². The number of nitrogens with one attached hydrogen (secondary N) is 1. The van der Waals surface area contributed by atoms with Gasteiger partial charge in [0.15, 0.2) is 0 Å². The minimum Gasteiger partial charge on any atom is -0.382 e. The third-order valence-electron chi connectivity index (χ3n) is 5.12. The quantitative estimate of drug-likeness (QED) is 0.732. The largest absolute Gasteiger partial charge is 0.382 e. The molecule has 0 aliphatic carbocycles. The summed E-state index contributed by atoms with van der Waals surface area (Å²) in [6.07, 6.45) is 3.22. The van der Waals surface area contributed by atoms with Crippen molar-refractivity contribution < 1.29 is 0 Å². The smallest absolute Gasteiger partial charge is 0.150 e. The van der Waals surface area contributed by atoms with Gasteiger partial charge < -0.3 is 20.5 Å². The molecule has 0 bridgehead atoms. The van der Waals surface area contributed by atoms with Gasteiger partial charge >= 0.3 is 0 Å². The molecule has 146 valence electrons. The van der Waals surface area contributed by atoms with E-state index in [0.29, 0.717) is 5.82 Å². The van der Waals surface area contributed by atoms with Gasteiger partial charge in [0.2, 0.25) is 0 Å². The normalized spacial score (nSPS) is 15.2. The van der Waals surface area contributed by atoms with E-state index >= 15 is 0 Å². The van der Waals surface area contributed by atoms with E-state index in [2.05, 4.69) is 51.9 Å². The summed E-state index contributed by atoms with van der Waals surface area (Å²) in [5.41, 5.74) is 10.1. The predicted molar refractivity (Wildman–Crippen MR) is 115 cm³/mol. The summed E-state index contributed by atoms with van der Waals surface area (Å²) in [7, 11) is 2.18. The molecular weight excluding hydrogens is 336 g/mol. The summed E-state index contributed by atoms with van der Waals surface area (Å²) in [6, 6.07) is 6.44. The molecule has 0 amide bonds. The Labute approximate surface area is 161 Å². The highest BCUT2D eigenvalue weighted by molar-refractivity contribution is 6.07. The van der Waals surface area contributed by atoms with Gasteiger partial charge in [0.1, 0.15) is 22.7 Å². The maximum atomic E-state index is 6.16. The second kappa shape index (κ2) is 8.57. The number of aromatic amines is 1. The number of piperazine rings is 1. The average molecular weight is 369 g/mol. The number of imidazole rings is 1. The standard InChI is InChI=1S/C19H26N6.C2H6/c1-3-4-5-16-22-17-14-12-13(25-10-8-24(2)9-11-25)6-7-15(14)21-19(20)18(17)23-16;1-2/h6-7,12H,3-5,8-11H2,1-2H3,(H2,20,21)(H,22,23);1-2H3. The molecule has 1 saturated heterocycles. The molecule has 0 saturated carbocycles. The Kier molecular flexibility index (Phi) is 6.16. The van der Waals surface area contributed by atoms with Crippen molar-refractivity contribution in [1.82, 2.24) is 19.9 Å². The molecule has 1 aromatic carbocycles. The van der Waals surface area contributed by atoms with Crippen molar-refractivity contribution in [2.45, 2.75) is 40.0 Å². The molecule has 0 radical (unpaired) electrons. The van der Waals surface area contributed by atoms with E-state index in [1.165, 1.54) is 5.69 Å². The molecule has 2 aromatic heterocycles. The number of hydrogen-bond acceptors (Lipinski definition) is 5. The molecule has 0 atom stereocenters. The molecule has 0 spiro atoms. The van der Waals surface area contributed by atoms with Crippen LogP contribution in [-0.4, -0.2) is 53.1 Å². The van der Waals surface area contributed by atoms with Crippen molar-refractivity contribution in [1.29, 1.82) is 0 Å². The van der Waals surface area contributed by atoms with Crippen LogP contribution in [0.4, 0.5) is 11.5 Å².